The molecule has 0 atom stereocenters. The quantitative estimate of drug-likeness (QED) is 0.649. The minimum Gasteiger partial charge on any atom is -0.313 e. The van der Waals surface area contributed by atoms with Gasteiger partial charge in [0.1, 0.15) is 5.82 Å². The molecule has 2 aromatic rings. The second kappa shape index (κ2) is 7.52. The van der Waals surface area contributed by atoms with Crippen molar-refractivity contribution in [1.29, 1.82) is 0 Å². The average molecular weight is 305 g/mol. The third kappa shape index (κ3) is 4.51. The van der Waals surface area contributed by atoms with Crippen LogP contribution >= 0.6 is 11.8 Å². The first-order valence-corrected chi connectivity index (χ1v) is 7.90. The van der Waals surface area contributed by atoms with Crippen molar-refractivity contribution in [3.05, 3.63) is 47.0 Å². The number of rotatable bonds is 6. The zero-order valence-electron chi connectivity index (χ0n) is 12.6. The van der Waals surface area contributed by atoms with Gasteiger partial charge in [-0.05, 0) is 56.3 Å². The van der Waals surface area contributed by atoms with Crippen LogP contribution in [0.4, 0.5) is 4.39 Å². The monoisotopic (exact) mass is 305 g/mol. The summed E-state index contributed by atoms with van der Waals surface area (Å²) >= 11 is 1.29. The molecular formula is C16H20FN3S. The molecule has 5 heteroatoms. The molecule has 0 radical (unpaired) electrons. The largest absolute Gasteiger partial charge is 0.313 e. The van der Waals surface area contributed by atoms with Gasteiger partial charge in [0, 0.05) is 17.9 Å². The molecule has 0 fully saturated rings. The summed E-state index contributed by atoms with van der Waals surface area (Å²) in [5.74, 6) is -0.224. The standard InChI is InChI=1S/C16H20FN3S/c1-4-8-18-10-13-6-5-7-14(17)15(13)21-16-19-11(2)9-12(3)20-16/h5-7,9,18H,4,8,10H2,1-3H3. The molecule has 1 aromatic heterocycles. The van der Waals surface area contributed by atoms with Crippen LogP contribution in [-0.4, -0.2) is 16.5 Å². The van der Waals surface area contributed by atoms with Crippen LogP contribution in [0.15, 0.2) is 34.3 Å². The van der Waals surface area contributed by atoms with Gasteiger partial charge < -0.3 is 5.32 Å². The molecule has 112 valence electrons. The Kier molecular flexibility index (Phi) is 5.70. The minimum atomic E-state index is -0.224. The van der Waals surface area contributed by atoms with E-state index >= 15 is 0 Å². The maximum atomic E-state index is 14.1. The van der Waals surface area contributed by atoms with E-state index in [4.69, 9.17) is 0 Å². The minimum absolute atomic E-state index is 0.224. The Morgan fingerprint density at radius 1 is 1.19 bits per heavy atom. The van der Waals surface area contributed by atoms with Crippen molar-refractivity contribution in [2.75, 3.05) is 6.54 Å². The van der Waals surface area contributed by atoms with E-state index in [1.165, 1.54) is 17.8 Å². The van der Waals surface area contributed by atoms with Crippen LogP contribution in [-0.2, 0) is 6.54 Å². The van der Waals surface area contributed by atoms with Crippen LogP contribution in [0.3, 0.4) is 0 Å². The van der Waals surface area contributed by atoms with Gasteiger partial charge in [-0.25, -0.2) is 14.4 Å². The Hall–Kier alpha value is -1.46. The molecule has 0 saturated heterocycles. The summed E-state index contributed by atoms with van der Waals surface area (Å²) in [6, 6.07) is 7.07. The van der Waals surface area contributed by atoms with Gasteiger partial charge in [0.25, 0.3) is 0 Å². The summed E-state index contributed by atoms with van der Waals surface area (Å²) in [4.78, 5) is 9.35. The molecular weight excluding hydrogens is 285 g/mol. The molecule has 21 heavy (non-hydrogen) atoms. The number of halogens is 1. The Balaban J connectivity index is 2.25. The normalized spacial score (nSPS) is 10.9. The van der Waals surface area contributed by atoms with Crippen LogP contribution in [0.1, 0.15) is 30.3 Å². The average Bonchev–Trinajstić information content (AvgIpc) is 2.41. The SMILES string of the molecule is CCCNCc1cccc(F)c1Sc1nc(C)cc(C)n1. The molecule has 0 unspecified atom stereocenters. The molecule has 0 amide bonds. The number of aryl methyl sites for hydroxylation is 2. The molecule has 0 bridgehead atoms. The van der Waals surface area contributed by atoms with Gasteiger partial charge in [0.2, 0.25) is 0 Å². The molecule has 3 nitrogen and oxygen atoms in total. The van der Waals surface area contributed by atoms with Gasteiger partial charge in [-0.2, -0.15) is 0 Å². The Labute approximate surface area is 129 Å². The fraction of sp³-hybridized carbons (Fsp3) is 0.375. The number of hydrogen-bond acceptors (Lipinski definition) is 4. The van der Waals surface area contributed by atoms with E-state index in [2.05, 4.69) is 22.2 Å². The summed E-state index contributed by atoms with van der Waals surface area (Å²) in [6.45, 7) is 7.52. The lowest BCUT2D eigenvalue weighted by molar-refractivity contribution is 0.588. The van der Waals surface area contributed by atoms with Crippen molar-refractivity contribution in [3.8, 4) is 0 Å². The van der Waals surface area contributed by atoms with E-state index in [1.54, 1.807) is 6.07 Å². The van der Waals surface area contributed by atoms with Crippen LogP contribution in [0.25, 0.3) is 0 Å². The smallest absolute Gasteiger partial charge is 0.192 e. The summed E-state index contributed by atoms with van der Waals surface area (Å²) in [5.41, 5.74) is 2.73. The number of benzene rings is 1. The molecule has 0 spiro atoms. The van der Waals surface area contributed by atoms with Gasteiger partial charge in [-0.3, -0.25) is 0 Å². The number of hydrogen-bond donors (Lipinski definition) is 1. The summed E-state index contributed by atoms with van der Waals surface area (Å²) in [7, 11) is 0. The first kappa shape index (κ1) is 15.9. The van der Waals surface area contributed by atoms with Crippen molar-refractivity contribution >= 4 is 11.8 Å². The highest BCUT2D eigenvalue weighted by Gasteiger charge is 2.12. The lowest BCUT2D eigenvalue weighted by atomic mass is 10.2. The predicted molar refractivity (Wildman–Crippen MR) is 84.0 cm³/mol. The van der Waals surface area contributed by atoms with E-state index in [-0.39, 0.29) is 5.82 Å². The maximum absolute atomic E-state index is 14.1. The number of aromatic nitrogens is 2. The Morgan fingerprint density at radius 3 is 2.57 bits per heavy atom. The predicted octanol–water partition coefficient (Wildman–Crippen LogP) is 3.88. The Morgan fingerprint density at radius 2 is 1.90 bits per heavy atom. The fourth-order valence-corrected chi connectivity index (χ4v) is 3.04. The maximum Gasteiger partial charge on any atom is 0.192 e. The van der Waals surface area contributed by atoms with Crippen molar-refractivity contribution < 1.29 is 4.39 Å². The first-order valence-electron chi connectivity index (χ1n) is 7.08. The van der Waals surface area contributed by atoms with Gasteiger partial charge in [-0.1, -0.05) is 19.1 Å². The summed E-state index contributed by atoms with van der Waals surface area (Å²) < 4.78 is 14.1. The van der Waals surface area contributed by atoms with E-state index in [1.807, 2.05) is 26.0 Å². The topological polar surface area (TPSA) is 37.8 Å². The first-order chi connectivity index (χ1) is 10.1. The van der Waals surface area contributed by atoms with Crippen LogP contribution in [0, 0.1) is 19.7 Å². The van der Waals surface area contributed by atoms with E-state index in [9.17, 15) is 4.39 Å². The van der Waals surface area contributed by atoms with Crippen molar-refractivity contribution in [2.45, 2.75) is 43.8 Å². The molecule has 0 aliphatic heterocycles. The second-order valence-electron chi connectivity index (χ2n) is 4.94. The highest BCUT2D eigenvalue weighted by atomic mass is 32.2. The molecule has 1 heterocycles. The van der Waals surface area contributed by atoms with Gasteiger partial charge in [0.05, 0.1) is 4.90 Å². The second-order valence-corrected chi connectivity index (χ2v) is 5.92. The fourth-order valence-electron chi connectivity index (χ4n) is 2.04. The molecule has 1 N–H and O–H groups in total. The lowest BCUT2D eigenvalue weighted by Gasteiger charge is -2.11. The summed E-state index contributed by atoms with van der Waals surface area (Å²) in [5, 5.41) is 3.90. The zero-order chi connectivity index (χ0) is 15.2. The third-order valence-corrected chi connectivity index (χ3v) is 3.97. The zero-order valence-corrected chi connectivity index (χ0v) is 13.4. The van der Waals surface area contributed by atoms with E-state index < -0.39 is 0 Å². The van der Waals surface area contributed by atoms with Gasteiger partial charge >= 0.3 is 0 Å². The number of nitrogens with one attached hydrogen (secondary N) is 1. The van der Waals surface area contributed by atoms with E-state index in [0.29, 0.717) is 16.6 Å². The highest BCUT2D eigenvalue weighted by Crippen LogP contribution is 2.31. The van der Waals surface area contributed by atoms with Crippen molar-refractivity contribution in [3.63, 3.8) is 0 Å². The number of nitrogens with zero attached hydrogens (tertiary/aromatic N) is 2. The van der Waals surface area contributed by atoms with Crippen molar-refractivity contribution in [1.82, 2.24) is 15.3 Å². The molecule has 0 saturated carbocycles. The molecule has 0 aliphatic carbocycles. The third-order valence-electron chi connectivity index (χ3n) is 2.95. The summed E-state index contributed by atoms with van der Waals surface area (Å²) in [6.07, 6.45) is 1.05. The van der Waals surface area contributed by atoms with Crippen molar-refractivity contribution in [2.24, 2.45) is 0 Å². The van der Waals surface area contributed by atoms with Crippen LogP contribution in [0.2, 0.25) is 0 Å². The Bertz CT molecular complexity index is 596. The lowest BCUT2D eigenvalue weighted by Crippen LogP contribution is -2.14. The van der Waals surface area contributed by atoms with E-state index in [0.717, 1.165) is 29.9 Å². The highest BCUT2D eigenvalue weighted by molar-refractivity contribution is 7.99. The molecule has 2 rings (SSSR count). The van der Waals surface area contributed by atoms with Crippen LogP contribution in [0.5, 0.6) is 0 Å². The molecule has 1 aromatic carbocycles. The van der Waals surface area contributed by atoms with Crippen LogP contribution < -0.4 is 5.32 Å². The van der Waals surface area contributed by atoms with Gasteiger partial charge in [-0.15, -0.1) is 0 Å². The van der Waals surface area contributed by atoms with Gasteiger partial charge in [0.15, 0.2) is 5.16 Å². The molecule has 0 aliphatic rings.